The summed E-state index contributed by atoms with van der Waals surface area (Å²) in [5, 5.41) is 13.8. The van der Waals surface area contributed by atoms with Crippen molar-refractivity contribution in [2.24, 2.45) is 0 Å². The van der Waals surface area contributed by atoms with Crippen LogP contribution in [0.3, 0.4) is 0 Å². The highest BCUT2D eigenvalue weighted by molar-refractivity contribution is 7.98. The maximum Gasteiger partial charge on any atom is 0.189 e. The summed E-state index contributed by atoms with van der Waals surface area (Å²) in [6, 6.07) is 18.5. The number of hydrogen-bond donors (Lipinski definition) is 1. The second-order valence-electron chi connectivity index (χ2n) is 6.60. The van der Waals surface area contributed by atoms with Gasteiger partial charge in [0.25, 0.3) is 0 Å². The highest BCUT2D eigenvalue weighted by Gasteiger charge is 2.16. The summed E-state index contributed by atoms with van der Waals surface area (Å²) in [5.74, 6) is 0.526. The number of hydrogen-bond acceptors (Lipinski definition) is 6. The molecule has 0 amide bonds. The van der Waals surface area contributed by atoms with Crippen molar-refractivity contribution >= 4 is 29.0 Å². The fourth-order valence-electron chi connectivity index (χ4n) is 3.13. The van der Waals surface area contributed by atoms with Crippen LogP contribution < -0.4 is 10.2 Å². The standard InChI is InChI=1S/C23H25N5S/c1-5-28(6-2)19-13-11-18(12-14-19)25-22-20(15-24)21(26-23(27-22)29-4)17-9-7-16(3)8-10-17/h7-14H,5-6H2,1-4H3,(H,25,26,27). The molecule has 0 aliphatic rings. The number of nitrogens with one attached hydrogen (secondary N) is 1. The molecule has 0 aliphatic heterocycles. The third-order valence-electron chi connectivity index (χ3n) is 4.77. The molecule has 1 aromatic heterocycles. The molecule has 3 aromatic rings. The molecule has 148 valence electrons. The highest BCUT2D eigenvalue weighted by Crippen LogP contribution is 2.30. The Morgan fingerprint density at radius 1 is 1.00 bits per heavy atom. The van der Waals surface area contributed by atoms with E-state index < -0.39 is 0 Å². The number of nitrogens with zero attached hydrogens (tertiary/aromatic N) is 4. The topological polar surface area (TPSA) is 64.8 Å². The third-order valence-corrected chi connectivity index (χ3v) is 5.31. The van der Waals surface area contributed by atoms with Gasteiger partial charge in [0.05, 0.1) is 5.69 Å². The SMILES string of the molecule is CCN(CC)c1ccc(Nc2nc(SC)nc(-c3ccc(C)cc3)c2C#N)cc1. The van der Waals surface area contributed by atoms with E-state index in [1.54, 1.807) is 0 Å². The molecule has 0 radical (unpaired) electrons. The van der Waals surface area contributed by atoms with Crippen LogP contribution in [-0.4, -0.2) is 29.3 Å². The van der Waals surface area contributed by atoms with Crippen LogP contribution in [0, 0.1) is 18.3 Å². The van der Waals surface area contributed by atoms with Gasteiger partial charge in [-0.15, -0.1) is 0 Å². The van der Waals surface area contributed by atoms with Crippen molar-refractivity contribution in [1.82, 2.24) is 9.97 Å². The average Bonchev–Trinajstić information content (AvgIpc) is 2.75. The first kappa shape index (κ1) is 20.7. The van der Waals surface area contributed by atoms with E-state index in [0.717, 1.165) is 29.9 Å². The fourth-order valence-corrected chi connectivity index (χ4v) is 3.49. The normalized spacial score (nSPS) is 10.4. The van der Waals surface area contributed by atoms with Crippen LogP contribution in [0.5, 0.6) is 0 Å². The number of aryl methyl sites for hydroxylation is 1. The van der Waals surface area contributed by atoms with Gasteiger partial charge >= 0.3 is 0 Å². The Hall–Kier alpha value is -3.04. The van der Waals surface area contributed by atoms with Gasteiger partial charge in [-0.05, 0) is 51.3 Å². The zero-order chi connectivity index (χ0) is 20.8. The van der Waals surface area contributed by atoms with Crippen LogP contribution >= 0.6 is 11.8 Å². The van der Waals surface area contributed by atoms with Gasteiger partial charge in [0.2, 0.25) is 0 Å². The first-order valence-electron chi connectivity index (χ1n) is 9.64. The van der Waals surface area contributed by atoms with E-state index >= 15 is 0 Å². The first-order chi connectivity index (χ1) is 14.1. The van der Waals surface area contributed by atoms with Crippen molar-refractivity contribution in [2.45, 2.75) is 25.9 Å². The molecule has 6 heteroatoms. The van der Waals surface area contributed by atoms with Gasteiger partial charge in [-0.1, -0.05) is 41.6 Å². The monoisotopic (exact) mass is 403 g/mol. The molecule has 0 saturated carbocycles. The van der Waals surface area contributed by atoms with Gasteiger partial charge in [0.1, 0.15) is 11.6 Å². The van der Waals surface area contributed by atoms with E-state index in [9.17, 15) is 5.26 Å². The maximum atomic E-state index is 9.85. The molecule has 5 nitrogen and oxygen atoms in total. The lowest BCUT2D eigenvalue weighted by Gasteiger charge is -2.21. The molecule has 0 saturated heterocycles. The molecular weight excluding hydrogens is 378 g/mol. The van der Waals surface area contributed by atoms with E-state index in [1.807, 2.05) is 49.6 Å². The number of aromatic nitrogens is 2. The number of benzene rings is 2. The van der Waals surface area contributed by atoms with E-state index in [4.69, 9.17) is 0 Å². The highest BCUT2D eigenvalue weighted by atomic mass is 32.2. The minimum absolute atomic E-state index is 0.444. The summed E-state index contributed by atoms with van der Waals surface area (Å²) < 4.78 is 0. The van der Waals surface area contributed by atoms with Gasteiger partial charge in [-0.25, -0.2) is 9.97 Å². The van der Waals surface area contributed by atoms with Crippen molar-refractivity contribution in [1.29, 1.82) is 5.26 Å². The van der Waals surface area contributed by atoms with Gasteiger partial charge in [0, 0.05) is 30.0 Å². The summed E-state index contributed by atoms with van der Waals surface area (Å²) in [5.41, 5.74) is 5.23. The molecule has 29 heavy (non-hydrogen) atoms. The van der Waals surface area contributed by atoms with Gasteiger partial charge in [0.15, 0.2) is 11.0 Å². The molecule has 1 N–H and O–H groups in total. The van der Waals surface area contributed by atoms with E-state index in [1.165, 1.54) is 17.4 Å². The Balaban J connectivity index is 1.99. The van der Waals surface area contributed by atoms with Crippen LogP contribution in [0.25, 0.3) is 11.3 Å². The Labute approximate surface area is 176 Å². The second-order valence-corrected chi connectivity index (χ2v) is 7.38. The largest absolute Gasteiger partial charge is 0.372 e. The lowest BCUT2D eigenvalue weighted by Crippen LogP contribution is -2.21. The smallest absolute Gasteiger partial charge is 0.189 e. The Morgan fingerprint density at radius 3 is 2.21 bits per heavy atom. The molecule has 3 rings (SSSR count). The van der Waals surface area contributed by atoms with Crippen LogP contribution in [0.15, 0.2) is 53.7 Å². The van der Waals surface area contributed by atoms with E-state index in [2.05, 4.69) is 52.2 Å². The molecule has 0 fully saturated rings. The Morgan fingerprint density at radius 2 is 1.66 bits per heavy atom. The zero-order valence-corrected chi connectivity index (χ0v) is 18.0. The van der Waals surface area contributed by atoms with E-state index in [-0.39, 0.29) is 0 Å². The minimum Gasteiger partial charge on any atom is -0.372 e. The molecule has 0 atom stereocenters. The van der Waals surface area contributed by atoms with Crippen molar-refractivity contribution in [3.05, 3.63) is 59.7 Å². The Bertz CT molecular complexity index is 1000. The summed E-state index contributed by atoms with van der Waals surface area (Å²) in [7, 11) is 0. The van der Waals surface area contributed by atoms with Crippen molar-refractivity contribution in [2.75, 3.05) is 29.6 Å². The quantitative estimate of drug-likeness (QED) is 0.407. The molecule has 0 unspecified atom stereocenters. The van der Waals surface area contributed by atoms with Crippen molar-refractivity contribution < 1.29 is 0 Å². The summed E-state index contributed by atoms with van der Waals surface area (Å²) >= 11 is 1.46. The minimum atomic E-state index is 0.444. The molecule has 0 aliphatic carbocycles. The molecule has 0 spiro atoms. The summed E-state index contributed by atoms with van der Waals surface area (Å²) in [4.78, 5) is 11.5. The lowest BCUT2D eigenvalue weighted by molar-refractivity contribution is 0.866. The van der Waals surface area contributed by atoms with Gasteiger partial charge in [-0.2, -0.15) is 5.26 Å². The summed E-state index contributed by atoms with van der Waals surface area (Å²) in [6.07, 6.45) is 1.93. The van der Waals surface area contributed by atoms with Gasteiger partial charge in [-0.3, -0.25) is 0 Å². The predicted molar refractivity (Wildman–Crippen MR) is 122 cm³/mol. The van der Waals surface area contributed by atoms with Crippen molar-refractivity contribution in [3.63, 3.8) is 0 Å². The molecule has 1 heterocycles. The third kappa shape index (κ3) is 4.69. The second kappa shape index (κ2) is 9.44. The van der Waals surface area contributed by atoms with Gasteiger partial charge < -0.3 is 10.2 Å². The van der Waals surface area contributed by atoms with Crippen LogP contribution in [-0.2, 0) is 0 Å². The first-order valence-corrected chi connectivity index (χ1v) is 10.9. The zero-order valence-electron chi connectivity index (χ0n) is 17.2. The molecular formula is C23H25N5S. The average molecular weight is 404 g/mol. The number of rotatable bonds is 7. The Kier molecular flexibility index (Phi) is 6.73. The number of anilines is 3. The fraction of sp³-hybridized carbons (Fsp3) is 0.261. The van der Waals surface area contributed by atoms with E-state index in [0.29, 0.717) is 22.2 Å². The van der Waals surface area contributed by atoms with Crippen LogP contribution in [0.4, 0.5) is 17.2 Å². The van der Waals surface area contributed by atoms with Crippen molar-refractivity contribution in [3.8, 4) is 17.3 Å². The van der Waals surface area contributed by atoms with Crippen LogP contribution in [0.1, 0.15) is 25.0 Å². The molecule has 2 aromatic carbocycles. The maximum absolute atomic E-state index is 9.85. The predicted octanol–water partition coefficient (Wildman–Crippen LogP) is 5.64. The molecule has 0 bridgehead atoms. The van der Waals surface area contributed by atoms with Crippen LogP contribution in [0.2, 0.25) is 0 Å². The number of thioether (sulfide) groups is 1. The number of nitriles is 1. The summed E-state index contributed by atoms with van der Waals surface area (Å²) in [6.45, 7) is 8.26. The lowest BCUT2D eigenvalue weighted by atomic mass is 10.1.